The quantitative estimate of drug-likeness (QED) is 0.721. The fourth-order valence-electron chi connectivity index (χ4n) is 2.56. The van der Waals surface area contributed by atoms with E-state index >= 15 is 0 Å². The zero-order valence-corrected chi connectivity index (χ0v) is 13.7. The van der Waals surface area contributed by atoms with Crippen LogP contribution in [0.3, 0.4) is 0 Å². The normalized spacial score (nSPS) is 11.3. The lowest BCUT2D eigenvalue weighted by atomic mass is 10.2. The van der Waals surface area contributed by atoms with Crippen molar-refractivity contribution in [3.05, 3.63) is 81.4 Å². The van der Waals surface area contributed by atoms with Crippen LogP contribution in [0.15, 0.2) is 59.5 Å². The van der Waals surface area contributed by atoms with Crippen molar-refractivity contribution in [1.29, 1.82) is 0 Å². The Bertz CT molecular complexity index is 861. The Hall–Kier alpha value is -2.17. The molecule has 0 saturated heterocycles. The second kappa shape index (κ2) is 6.94. The van der Waals surface area contributed by atoms with Gasteiger partial charge in [-0.3, -0.25) is 14.1 Å². The SMILES string of the molecule is CCN(Cc1ccccc1)Cc1cc(=O)n2cc(Cl)ccc2n1. The molecule has 0 N–H and O–H groups in total. The van der Waals surface area contributed by atoms with Gasteiger partial charge in [-0.05, 0) is 24.2 Å². The van der Waals surface area contributed by atoms with Crippen LogP contribution in [-0.4, -0.2) is 20.8 Å². The molecule has 0 unspecified atom stereocenters. The number of hydrogen-bond donors (Lipinski definition) is 0. The van der Waals surface area contributed by atoms with E-state index in [-0.39, 0.29) is 5.56 Å². The Morgan fingerprint density at radius 1 is 1.13 bits per heavy atom. The van der Waals surface area contributed by atoms with Gasteiger partial charge in [0.05, 0.1) is 10.7 Å². The Labute approximate surface area is 140 Å². The van der Waals surface area contributed by atoms with E-state index in [1.54, 1.807) is 24.4 Å². The van der Waals surface area contributed by atoms with Gasteiger partial charge in [0.1, 0.15) is 5.65 Å². The molecular formula is C18H18ClN3O. The van der Waals surface area contributed by atoms with Gasteiger partial charge in [0.25, 0.3) is 5.56 Å². The Kier molecular flexibility index (Phi) is 4.74. The lowest BCUT2D eigenvalue weighted by Gasteiger charge is -2.20. The van der Waals surface area contributed by atoms with Crippen molar-refractivity contribution < 1.29 is 0 Å². The van der Waals surface area contributed by atoms with Gasteiger partial charge < -0.3 is 0 Å². The zero-order valence-electron chi connectivity index (χ0n) is 12.9. The summed E-state index contributed by atoms with van der Waals surface area (Å²) >= 11 is 5.93. The molecule has 0 bridgehead atoms. The highest BCUT2D eigenvalue weighted by Gasteiger charge is 2.08. The van der Waals surface area contributed by atoms with Gasteiger partial charge in [0.2, 0.25) is 0 Å². The summed E-state index contributed by atoms with van der Waals surface area (Å²) in [5.74, 6) is 0. The third-order valence-corrected chi connectivity index (χ3v) is 3.98. The Morgan fingerprint density at radius 3 is 2.65 bits per heavy atom. The van der Waals surface area contributed by atoms with Crippen molar-refractivity contribution in [3.63, 3.8) is 0 Å². The minimum Gasteiger partial charge on any atom is -0.294 e. The van der Waals surface area contributed by atoms with Gasteiger partial charge in [-0.1, -0.05) is 48.9 Å². The highest BCUT2D eigenvalue weighted by molar-refractivity contribution is 6.30. The number of benzene rings is 1. The number of halogens is 1. The number of nitrogens with zero attached hydrogens (tertiary/aromatic N) is 3. The van der Waals surface area contributed by atoms with E-state index in [0.29, 0.717) is 17.2 Å². The minimum absolute atomic E-state index is 0.108. The molecule has 0 aliphatic carbocycles. The average molecular weight is 328 g/mol. The van der Waals surface area contributed by atoms with Crippen LogP contribution in [0.1, 0.15) is 18.2 Å². The summed E-state index contributed by atoms with van der Waals surface area (Å²) in [4.78, 5) is 19.0. The number of aromatic nitrogens is 2. The lowest BCUT2D eigenvalue weighted by Crippen LogP contribution is -2.25. The molecule has 3 rings (SSSR count). The van der Waals surface area contributed by atoms with Crippen molar-refractivity contribution >= 4 is 17.2 Å². The molecule has 0 saturated carbocycles. The van der Waals surface area contributed by atoms with Crippen molar-refractivity contribution in [3.8, 4) is 0 Å². The number of rotatable bonds is 5. The van der Waals surface area contributed by atoms with E-state index in [1.807, 2.05) is 18.2 Å². The molecule has 0 radical (unpaired) electrons. The van der Waals surface area contributed by atoms with Gasteiger partial charge in [-0.15, -0.1) is 0 Å². The van der Waals surface area contributed by atoms with Gasteiger partial charge in [-0.2, -0.15) is 0 Å². The fourth-order valence-corrected chi connectivity index (χ4v) is 2.72. The molecule has 4 nitrogen and oxygen atoms in total. The van der Waals surface area contributed by atoms with Crippen LogP contribution in [0.4, 0.5) is 0 Å². The minimum atomic E-state index is -0.108. The molecule has 1 aromatic carbocycles. The van der Waals surface area contributed by atoms with E-state index in [0.717, 1.165) is 18.8 Å². The maximum atomic E-state index is 12.2. The molecule has 3 aromatic rings. The maximum Gasteiger partial charge on any atom is 0.258 e. The second-order valence-corrected chi connectivity index (χ2v) is 5.89. The highest BCUT2D eigenvalue weighted by atomic mass is 35.5. The molecule has 2 aromatic heterocycles. The average Bonchev–Trinajstić information content (AvgIpc) is 2.56. The van der Waals surface area contributed by atoms with E-state index in [9.17, 15) is 4.79 Å². The first-order valence-corrected chi connectivity index (χ1v) is 7.97. The zero-order chi connectivity index (χ0) is 16.2. The smallest absolute Gasteiger partial charge is 0.258 e. The lowest BCUT2D eigenvalue weighted by molar-refractivity contribution is 0.268. The summed E-state index contributed by atoms with van der Waals surface area (Å²) in [6, 6.07) is 15.4. The third kappa shape index (κ3) is 3.78. The first-order chi connectivity index (χ1) is 11.2. The van der Waals surface area contributed by atoms with E-state index in [2.05, 4.69) is 28.9 Å². The summed E-state index contributed by atoms with van der Waals surface area (Å²) in [5, 5.41) is 0.522. The molecule has 23 heavy (non-hydrogen) atoms. The molecule has 0 fully saturated rings. The van der Waals surface area contributed by atoms with Crippen molar-refractivity contribution in [1.82, 2.24) is 14.3 Å². The number of hydrogen-bond acceptors (Lipinski definition) is 3. The molecular weight excluding hydrogens is 310 g/mol. The maximum absolute atomic E-state index is 12.2. The van der Waals surface area contributed by atoms with Crippen LogP contribution in [0, 0.1) is 0 Å². The van der Waals surface area contributed by atoms with Gasteiger partial charge in [0.15, 0.2) is 0 Å². The summed E-state index contributed by atoms with van der Waals surface area (Å²) in [6.45, 7) is 4.46. The molecule has 0 aliphatic rings. The summed E-state index contributed by atoms with van der Waals surface area (Å²) in [6.07, 6.45) is 1.59. The van der Waals surface area contributed by atoms with E-state index in [1.165, 1.54) is 9.96 Å². The predicted molar refractivity (Wildman–Crippen MR) is 92.7 cm³/mol. The number of pyridine rings is 1. The summed E-state index contributed by atoms with van der Waals surface area (Å²) < 4.78 is 1.47. The molecule has 0 aliphatic heterocycles. The van der Waals surface area contributed by atoms with Gasteiger partial charge >= 0.3 is 0 Å². The van der Waals surface area contributed by atoms with Crippen LogP contribution in [0.2, 0.25) is 5.02 Å². The van der Waals surface area contributed by atoms with Crippen LogP contribution in [0.25, 0.3) is 5.65 Å². The van der Waals surface area contributed by atoms with Gasteiger partial charge in [0, 0.05) is 25.4 Å². The summed E-state index contributed by atoms with van der Waals surface area (Å²) in [7, 11) is 0. The first kappa shape index (κ1) is 15.7. The molecule has 118 valence electrons. The largest absolute Gasteiger partial charge is 0.294 e. The first-order valence-electron chi connectivity index (χ1n) is 7.60. The molecule has 0 atom stereocenters. The van der Waals surface area contributed by atoms with Crippen LogP contribution in [0.5, 0.6) is 0 Å². The van der Waals surface area contributed by atoms with Crippen molar-refractivity contribution in [2.24, 2.45) is 0 Å². The molecule has 0 amide bonds. The predicted octanol–water partition coefficient (Wildman–Crippen LogP) is 3.37. The molecule has 5 heteroatoms. The van der Waals surface area contributed by atoms with Gasteiger partial charge in [-0.25, -0.2) is 4.98 Å². The monoisotopic (exact) mass is 327 g/mol. The number of fused-ring (bicyclic) bond motifs is 1. The summed E-state index contributed by atoms with van der Waals surface area (Å²) in [5.41, 5.74) is 2.53. The highest BCUT2D eigenvalue weighted by Crippen LogP contribution is 2.11. The van der Waals surface area contributed by atoms with Crippen LogP contribution >= 0.6 is 11.6 Å². The topological polar surface area (TPSA) is 37.6 Å². The molecule has 0 spiro atoms. The second-order valence-electron chi connectivity index (χ2n) is 5.45. The van der Waals surface area contributed by atoms with E-state index < -0.39 is 0 Å². The van der Waals surface area contributed by atoms with E-state index in [4.69, 9.17) is 11.6 Å². The van der Waals surface area contributed by atoms with Crippen molar-refractivity contribution in [2.45, 2.75) is 20.0 Å². The standard InChI is InChI=1S/C18H18ClN3O/c1-2-21(11-14-6-4-3-5-7-14)13-16-10-18(23)22-12-15(19)8-9-17(22)20-16/h3-10,12H,2,11,13H2,1H3. The fraction of sp³-hybridized carbons (Fsp3) is 0.222. The third-order valence-electron chi connectivity index (χ3n) is 3.76. The Morgan fingerprint density at radius 2 is 1.91 bits per heavy atom. The van der Waals surface area contributed by atoms with Crippen LogP contribution < -0.4 is 5.56 Å². The molecule has 2 heterocycles. The van der Waals surface area contributed by atoms with Crippen molar-refractivity contribution in [2.75, 3.05) is 6.54 Å². The Balaban J connectivity index is 1.85. The van der Waals surface area contributed by atoms with Crippen LogP contribution in [-0.2, 0) is 13.1 Å².